The molecule has 2 unspecified atom stereocenters. The predicted octanol–water partition coefficient (Wildman–Crippen LogP) is 3.71. The summed E-state index contributed by atoms with van der Waals surface area (Å²) in [6, 6.07) is 1.01. The number of hydrogen-bond acceptors (Lipinski definition) is 2. The van der Waals surface area contributed by atoms with Gasteiger partial charge in [0.25, 0.3) is 0 Å². The molecular formula is C15H20F3NO. The van der Waals surface area contributed by atoms with Crippen molar-refractivity contribution in [3.63, 3.8) is 0 Å². The van der Waals surface area contributed by atoms with Gasteiger partial charge in [-0.25, -0.2) is 13.2 Å². The zero-order chi connectivity index (χ0) is 14.5. The highest BCUT2D eigenvalue weighted by molar-refractivity contribution is 5.24. The van der Waals surface area contributed by atoms with Crippen molar-refractivity contribution in [2.45, 2.75) is 44.8 Å². The standard InChI is InChI=1S/C15H20F3NO/c1-2-19-14(6-5-11-4-3-7-20-11)15-12(17)8-10(16)9-13(15)18/h8-9,11,14,19H,2-7H2,1H3. The molecule has 1 aromatic rings. The fourth-order valence-corrected chi connectivity index (χ4v) is 2.71. The van der Waals surface area contributed by atoms with Crippen molar-refractivity contribution in [1.29, 1.82) is 0 Å². The zero-order valence-electron chi connectivity index (χ0n) is 11.6. The minimum absolute atomic E-state index is 0.0775. The normalized spacial score (nSPS) is 20.3. The Morgan fingerprint density at radius 1 is 1.30 bits per heavy atom. The lowest BCUT2D eigenvalue weighted by molar-refractivity contribution is 0.0993. The van der Waals surface area contributed by atoms with E-state index in [0.717, 1.165) is 38.0 Å². The number of hydrogen-bond donors (Lipinski definition) is 1. The van der Waals surface area contributed by atoms with Gasteiger partial charge in [-0.1, -0.05) is 6.92 Å². The summed E-state index contributed by atoms with van der Waals surface area (Å²) in [4.78, 5) is 0. The number of rotatable bonds is 6. The highest BCUT2D eigenvalue weighted by atomic mass is 19.1. The van der Waals surface area contributed by atoms with Crippen LogP contribution in [0.15, 0.2) is 12.1 Å². The first-order chi connectivity index (χ1) is 9.61. The van der Waals surface area contributed by atoms with Gasteiger partial charge in [0.15, 0.2) is 0 Å². The van der Waals surface area contributed by atoms with Crippen LogP contribution in [0, 0.1) is 17.5 Å². The number of ether oxygens (including phenoxy) is 1. The first-order valence-corrected chi connectivity index (χ1v) is 7.11. The van der Waals surface area contributed by atoms with Crippen LogP contribution in [0.5, 0.6) is 0 Å². The third kappa shape index (κ3) is 3.73. The van der Waals surface area contributed by atoms with Crippen LogP contribution in [0.1, 0.15) is 44.2 Å². The summed E-state index contributed by atoms with van der Waals surface area (Å²) >= 11 is 0. The number of benzene rings is 1. The first kappa shape index (κ1) is 15.3. The van der Waals surface area contributed by atoms with Crippen LogP contribution < -0.4 is 5.32 Å². The summed E-state index contributed by atoms with van der Waals surface area (Å²) in [5.41, 5.74) is -0.0775. The molecule has 0 saturated carbocycles. The van der Waals surface area contributed by atoms with E-state index in [1.165, 1.54) is 0 Å². The van der Waals surface area contributed by atoms with E-state index in [0.29, 0.717) is 13.0 Å². The van der Waals surface area contributed by atoms with Gasteiger partial charge in [0.05, 0.1) is 6.10 Å². The maximum atomic E-state index is 13.8. The SMILES string of the molecule is CCNC(CCC1CCCO1)c1c(F)cc(F)cc1F. The van der Waals surface area contributed by atoms with Crippen molar-refractivity contribution in [3.8, 4) is 0 Å². The minimum Gasteiger partial charge on any atom is -0.378 e. The van der Waals surface area contributed by atoms with E-state index in [1.807, 2.05) is 6.92 Å². The first-order valence-electron chi connectivity index (χ1n) is 7.11. The topological polar surface area (TPSA) is 21.3 Å². The van der Waals surface area contributed by atoms with E-state index in [4.69, 9.17) is 4.74 Å². The van der Waals surface area contributed by atoms with Gasteiger partial charge < -0.3 is 10.1 Å². The molecule has 2 atom stereocenters. The van der Waals surface area contributed by atoms with Gasteiger partial charge in [-0.2, -0.15) is 0 Å². The molecule has 112 valence electrons. The summed E-state index contributed by atoms with van der Waals surface area (Å²) in [6.45, 7) is 3.22. The third-order valence-electron chi connectivity index (χ3n) is 3.64. The molecule has 1 aliphatic heterocycles. The average Bonchev–Trinajstić information content (AvgIpc) is 2.87. The fraction of sp³-hybridized carbons (Fsp3) is 0.600. The second-order valence-corrected chi connectivity index (χ2v) is 5.11. The van der Waals surface area contributed by atoms with Crippen LogP contribution in [-0.2, 0) is 4.74 Å². The summed E-state index contributed by atoms with van der Waals surface area (Å²) in [5, 5.41) is 3.07. The largest absolute Gasteiger partial charge is 0.378 e. The van der Waals surface area contributed by atoms with Crippen molar-refractivity contribution in [2.24, 2.45) is 0 Å². The highest BCUT2D eigenvalue weighted by Gasteiger charge is 2.23. The Kier molecular flexibility index (Phi) is 5.43. The molecule has 20 heavy (non-hydrogen) atoms. The van der Waals surface area contributed by atoms with E-state index >= 15 is 0 Å². The Balaban J connectivity index is 2.10. The summed E-state index contributed by atoms with van der Waals surface area (Å²) in [6.07, 6.45) is 3.51. The molecule has 5 heteroatoms. The lowest BCUT2D eigenvalue weighted by atomic mass is 9.98. The molecule has 0 spiro atoms. The van der Waals surface area contributed by atoms with Crippen molar-refractivity contribution in [1.82, 2.24) is 5.32 Å². The smallest absolute Gasteiger partial charge is 0.133 e. The molecule has 0 amide bonds. The summed E-state index contributed by atoms with van der Waals surface area (Å²) < 4.78 is 46.2. The van der Waals surface area contributed by atoms with Crippen molar-refractivity contribution >= 4 is 0 Å². The number of halogens is 3. The lowest BCUT2D eigenvalue weighted by Gasteiger charge is -2.21. The quantitative estimate of drug-likeness (QED) is 0.861. The van der Waals surface area contributed by atoms with E-state index in [-0.39, 0.29) is 11.7 Å². The van der Waals surface area contributed by atoms with Gasteiger partial charge in [0, 0.05) is 30.3 Å². The van der Waals surface area contributed by atoms with E-state index in [2.05, 4.69) is 5.32 Å². The van der Waals surface area contributed by atoms with Crippen LogP contribution in [0.3, 0.4) is 0 Å². The molecule has 0 bridgehead atoms. The molecule has 0 aromatic heterocycles. The van der Waals surface area contributed by atoms with Crippen LogP contribution in [0.25, 0.3) is 0 Å². The molecule has 2 nitrogen and oxygen atoms in total. The van der Waals surface area contributed by atoms with Crippen LogP contribution in [0.2, 0.25) is 0 Å². The molecule has 1 fully saturated rings. The third-order valence-corrected chi connectivity index (χ3v) is 3.64. The Labute approximate surface area is 117 Å². The molecule has 0 radical (unpaired) electrons. The van der Waals surface area contributed by atoms with Crippen molar-refractivity contribution in [3.05, 3.63) is 35.1 Å². The lowest BCUT2D eigenvalue weighted by Crippen LogP contribution is -2.24. The van der Waals surface area contributed by atoms with Gasteiger partial charge in [0.1, 0.15) is 17.5 Å². The van der Waals surface area contributed by atoms with Crippen LogP contribution >= 0.6 is 0 Å². The Morgan fingerprint density at radius 2 is 2.00 bits per heavy atom. The van der Waals surface area contributed by atoms with Gasteiger partial charge in [-0.3, -0.25) is 0 Å². The Hall–Kier alpha value is -1.07. The monoisotopic (exact) mass is 287 g/mol. The van der Waals surface area contributed by atoms with Crippen LogP contribution in [-0.4, -0.2) is 19.3 Å². The average molecular weight is 287 g/mol. The molecular weight excluding hydrogens is 267 g/mol. The Morgan fingerprint density at radius 3 is 2.55 bits per heavy atom. The molecule has 1 heterocycles. The van der Waals surface area contributed by atoms with Gasteiger partial charge in [-0.15, -0.1) is 0 Å². The highest BCUT2D eigenvalue weighted by Crippen LogP contribution is 2.28. The van der Waals surface area contributed by atoms with Crippen LogP contribution in [0.4, 0.5) is 13.2 Å². The fourth-order valence-electron chi connectivity index (χ4n) is 2.71. The second kappa shape index (κ2) is 7.09. The van der Waals surface area contributed by atoms with Crippen molar-refractivity contribution < 1.29 is 17.9 Å². The molecule has 2 rings (SSSR count). The zero-order valence-corrected chi connectivity index (χ0v) is 11.6. The second-order valence-electron chi connectivity index (χ2n) is 5.11. The predicted molar refractivity (Wildman–Crippen MR) is 70.9 cm³/mol. The van der Waals surface area contributed by atoms with Gasteiger partial charge in [0.2, 0.25) is 0 Å². The molecule has 0 aliphatic carbocycles. The Bertz CT molecular complexity index is 424. The molecule has 1 aromatic carbocycles. The summed E-state index contributed by atoms with van der Waals surface area (Å²) in [5.74, 6) is -2.56. The van der Waals surface area contributed by atoms with Gasteiger partial charge >= 0.3 is 0 Å². The van der Waals surface area contributed by atoms with Crippen molar-refractivity contribution in [2.75, 3.05) is 13.2 Å². The molecule has 1 saturated heterocycles. The van der Waals surface area contributed by atoms with E-state index < -0.39 is 23.5 Å². The number of nitrogens with one attached hydrogen (secondary N) is 1. The summed E-state index contributed by atoms with van der Waals surface area (Å²) in [7, 11) is 0. The molecule has 1 aliphatic rings. The maximum absolute atomic E-state index is 13.8. The van der Waals surface area contributed by atoms with E-state index in [9.17, 15) is 13.2 Å². The minimum atomic E-state index is -0.891. The molecule has 1 N–H and O–H groups in total. The van der Waals surface area contributed by atoms with Gasteiger partial charge in [-0.05, 0) is 32.2 Å². The van der Waals surface area contributed by atoms with E-state index in [1.54, 1.807) is 0 Å². The maximum Gasteiger partial charge on any atom is 0.133 e.